The van der Waals surface area contributed by atoms with Crippen LogP contribution < -0.4 is 5.32 Å². The van der Waals surface area contributed by atoms with E-state index in [4.69, 9.17) is 0 Å². The Kier molecular flexibility index (Phi) is 7.26. The highest BCUT2D eigenvalue weighted by Crippen LogP contribution is 2.26. The average Bonchev–Trinajstić information content (AvgIpc) is 2.49. The van der Waals surface area contributed by atoms with Gasteiger partial charge in [0.05, 0.1) is 5.41 Å². The molecule has 0 spiro atoms. The minimum Gasteiger partial charge on any atom is -0.481 e. The van der Waals surface area contributed by atoms with Crippen molar-refractivity contribution < 1.29 is 9.90 Å². The highest BCUT2D eigenvalue weighted by Gasteiger charge is 2.34. The van der Waals surface area contributed by atoms with E-state index in [1.807, 2.05) is 13.8 Å². The molecule has 1 atom stereocenters. The molecule has 0 radical (unpaired) electrons. The molecular formula is C17H27NO2S. The van der Waals surface area contributed by atoms with E-state index in [9.17, 15) is 9.90 Å². The van der Waals surface area contributed by atoms with Crippen LogP contribution in [0.25, 0.3) is 0 Å². The summed E-state index contributed by atoms with van der Waals surface area (Å²) in [5.41, 5.74) is 0.673. The van der Waals surface area contributed by atoms with E-state index in [-0.39, 0.29) is 6.04 Å². The molecule has 0 aromatic heterocycles. The van der Waals surface area contributed by atoms with Gasteiger partial charge in [-0.15, -0.1) is 11.8 Å². The molecule has 0 saturated heterocycles. The summed E-state index contributed by atoms with van der Waals surface area (Å²) in [5.74, 6) is -0.697. The fourth-order valence-electron chi connectivity index (χ4n) is 2.52. The van der Waals surface area contributed by atoms with E-state index in [1.165, 1.54) is 10.5 Å². The van der Waals surface area contributed by atoms with Gasteiger partial charge in [0, 0.05) is 17.5 Å². The second kappa shape index (κ2) is 8.44. The summed E-state index contributed by atoms with van der Waals surface area (Å²) >= 11 is 1.75. The third kappa shape index (κ3) is 4.75. The van der Waals surface area contributed by atoms with E-state index >= 15 is 0 Å². The van der Waals surface area contributed by atoms with Crippen LogP contribution in [0, 0.1) is 5.41 Å². The molecule has 0 saturated carbocycles. The molecule has 0 aliphatic carbocycles. The third-order valence-corrected chi connectivity index (χ3v) is 5.15. The highest BCUT2D eigenvalue weighted by atomic mass is 32.2. The van der Waals surface area contributed by atoms with Crippen molar-refractivity contribution in [3.8, 4) is 0 Å². The zero-order chi connectivity index (χ0) is 15.9. The van der Waals surface area contributed by atoms with E-state index < -0.39 is 11.4 Å². The van der Waals surface area contributed by atoms with Crippen molar-refractivity contribution in [1.29, 1.82) is 0 Å². The molecule has 0 amide bonds. The van der Waals surface area contributed by atoms with Crippen molar-refractivity contribution >= 4 is 17.7 Å². The monoisotopic (exact) mass is 309 g/mol. The molecule has 0 aliphatic heterocycles. The molecule has 118 valence electrons. The van der Waals surface area contributed by atoms with Gasteiger partial charge in [-0.25, -0.2) is 0 Å². The van der Waals surface area contributed by atoms with Gasteiger partial charge in [-0.3, -0.25) is 4.79 Å². The number of hydrogen-bond donors (Lipinski definition) is 2. The summed E-state index contributed by atoms with van der Waals surface area (Å²) in [4.78, 5) is 12.8. The molecular weight excluding hydrogens is 282 g/mol. The van der Waals surface area contributed by atoms with Crippen molar-refractivity contribution in [1.82, 2.24) is 5.32 Å². The Morgan fingerprint density at radius 1 is 1.33 bits per heavy atom. The van der Waals surface area contributed by atoms with Crippen LogP contribution in [0.4, 0.5) is 0 Å². The molecule has 0 aliphatic rings. The summed E-state index contributed by atoms with van der Waals surface area (Å²) in [6.45, 7) is 6.55. The van der Waals surface area contributed by atoms with E-state index in [2.05, 4.69) is 42.8 Å². The summed E-state index contributed by atoms with van der Waals surface area (Å²) in [5, 5.41) is 12.9. The van der Waals surface area contributed by atoms with Crippen LogP contribution in [0.5, 0.6) is 0 Å². The van der Waals surface area contributed by atoms with Gasteiger partial charge >= 0.3 is 5.97 Å². The smallest absolute Gasteiger partial charge is 0.310 e. The molecule has 0 heterocycles. The Morgan fingerprint density at radius 2 is 1.95 bits per heavy atom. The molecule has 0 fully saturated rings. The van der Waals surface area contributed by atoms with Crippen LogP contribution >= 0.6 is 11.8 Å². The molecule has 4 heteroatoms. The van der Waals surface area contributed by atoms with Crippen LogP contribution in [0.15, 0.2) is 29.2 Å². The first kappa shape index (κ1) is 18.1. The predicted molar refractivity (Wildman–Crippen MR) is 90.0 cm³/mol. The number of carboxylic acids is 1. The summed E-state index contributed by atoms with van der Waals surface area (Å²) in [6, 6.07) is 8.65. The zero-order valence-corrected chi connectivity index (χ0v) is 14.3. The largest absolute Gasteiger partial charge is 0.481 e. The lowest BCUT2D eigenvalue weighted by Crippen LogP contribution is -2.43. The van der Waals surface area contributed by atoms with Crippen LogP contribution in [-0.2, 0) is 11.2 Å². The lowest BCUT2D eigenvalue weighted by atomic mass is 9.82. The third-order valence-electron chi connectivity index (χ3n) is 4.31. The number of nitrogens with one attached hydrogen (secondary N) is 1. The lowest BCUT2D eigenvalue weighted by Gasteiger charge is -2.29. The maximum Gasteiger partial charge on any atom is 0.310 e. The maximum absolute atomic E-state index is 11.5. The number of rotatable bonds is 9. The molecule has 1 aromatic rings. The van der Waals surface area contributed by atoms with E-state index in [0.29, 0.717) is 19.4 Å². The van der Waals surface area contributed by atoms with Gasteiger partial charge < -0.3 is 10.4 Å². The van der Waals surface area contributed by atoms with Gasteiger partial charge in [0.25, 0.3) is 0 Å². The molecule has 1 unspecified atom stereocenters. The second-order valence-corrected chi connectivity index (χ2v) is 6.44. The maximum atomic E-state index is 11.5. The Hall–Kier alpha value is -1.00. The molecule has 0 bridgehead atoms. The lowest BCUT2D eigenvalue weighted by molar-refractivity contribution is -0.149. The molecule has 3 nitrogen and oxygen atoms in total. The average molecular weight is 309 g/mol. The van der Waals surface area contributed by atoms with Crippen molar-refractivity contribution in [2.24, 2.45) is 5.41 Å². The molecule has 21 heavy (non-hydrogen) atoms. The minimum atomic E-state index is -0.697. The van der Waals surface area contributed by atoms with Gasteiger partial charge in [0.1, 0.15) is 0 Å². The van der Waals surface area contributed by atoms with Crippen LogP contribution in [0.3, 0.4) is 0 Å². The SMILES string of the molecule is CCC(CC)(CNC(C)Cc1ccccc1SC)C(=O)O. The second-order valence-electron chi connectivity index (χ2n) is 5.59. The zero-order valence-electron chi connectivity index (χ0n) is 13.5. The first-order valence-corrected chi connectivity index (χ1v) is 8.80. The van der Waals surface area contributed by atoms with Crippen molar-refractivity contribution in [2.45, 2.75) is 51.0 Å². The highest BCUT2D eigenvalue weighted by molar-refractivity contribution is 7.98. The number of benzene rings is 1. The summed E-state index contributed by atoms with van der Waals surface area (Å²) in [6.07, 6.45) is 4.31. The normalized spacial score (nSPS) is 13.1. The fourth-order valence-corrected chi connectivity index (χ4v) is 3.15. The predicted octanol–water partition coefficient (Wildman–Crippen LogP) is 3.82. The van der Waals surface area contributed by atoms with Gasteiger partial charge in [-0.2, -0.15) is 0 Å². The quantitative estimate of drug-likeness (QED) is 0.681. The standard InChI is InChI=1S/C17H27NO2S/c1-5-17(6-2,16(19)20)12-18-13(3)11-14-9-7-8-10-15(14)21-4/h7-10,13,18H,5-6,11-12H2,1-4H3,(H,19,20). The molecule has 1 rings (SSSR count). The molecule has 2 N–H and O–H groups in total. The van der Waals surface area contributed by atoms with Crippen molar-refractivity contribution in [3.05, 3.63) is 29.8 Å². The minimum absolute atomic E-state index is 0.259. The van der Waals surface area contributed by atoms with Crippen molar-refractivity contribution in [3.63, 3.8) is 0 Å². The fraction of sp³-hybridized carbons (Fsp3) is 0.588. The van der Waals surface area contributed by atoms with E-state index in [0.717, 1.165) is 6.42 Å². The first-order valence-electron chi connectivity index (χ1n) is 7.57. The Labute approximate surface area is 132 Å². The first-order chi connectivity index (χ1) is 9.99. The number of carboxylic acid groups (broad SMARTS) is 1. The van der Waals surface area contributed by atoms with E-state index in [1.54, 1.807) is 11.8 Å². The molecule has 1 aromatic carbocycles. The van der Waals surface area contributed by atoms with Crippen molar-refractivity contribution in [2.75, 3.05) is 12.8 Å². The van der Waals surface area contributed by atoms with Gasteiger partial charge in [0.15, 0.2) is 0 Å². The Bertz CT molecular complexity index is 458. The number of aliphatic carboxylic acids is 1. The van der Waals surface area contributed by atoms with Crippen LogP contribution in [0.1, 0.15) is 39.2 Å². The van der Waals surface area contributed by atoms with Gasteiger partial charge in [-0.05, 0) is 44.1 Å². The number of thioether (sulfide) groups is 1. The van der Waals surface area contributed by atoms with Gasteiger partial charge in [0.2, 0.25) is 0 Å². The summed E-state index contributed by atoms with van der Waals surface area (Å²) in [7, 11) is 0. The van der Waals surface area contributed by atoms with Gasteiger partial charge in [-0.1, -0.05) is 32.0 Å². The number of carbonyl (C=O) groups is 1. The Morgan fingerprint density at radius 3 is 2.48 bits per heavy atom. The number of hydrogen-bond acceptors (Lipinski definition) is 3. The Balaban J connectivity index is 2.65. The topological polar surface area (TPSA) is 49.3 Å². The summed E-state index contributed by atoms with van der Waals surface area (Å²) < 4.78 is 0. The van der Waals surface area contributed by atoms with Crippen LogP contribution in [0.2, 0.25) is 0 Å². The van der Waals surface area contributed by atoms with Crippen LogP contribution in [-0.4, -0.2) is 29.9 Å².